The maximum Gasteiger partial charge on any atom is 0.0715 e. The van der Waals surface area contributed by atoms with Gasteiger partial charge in [-0.2, -0.15) is 0 Å². The Kier molecular flexibility index (Phi) is 5.06. The molecule has 0 saturated carbocycles. The molecule has 1 heteroatoms. The molecular formula is C24H21N. The average Bonchev–Trinajstić information content (AvgIpc) is 2.67. The second-order valence-electron chi connectivity index (χ2n) is 6.01. The highest BCUT2D eigenvalue weighted by Crippen LogP contribution is 2.28. The molecule has 0 unspecified atom stereocenters. The van der Waals surface area contributed by atoms with Gasteiger partial charge in [-0.3, -0.25) is 0 Å². The maximum atomic E-state index is 4.89. The van der Waals surface area contributed by atoms with E-state index in [2.05, 4.69) is 49.6 Å². The van der Waals surface area contributed by atoms with E-state index in [-0.39, 0.29) is 0 Å². The highest BCUT2D eigenvalue weighted by atomic mass is 14.7. The molecule has 0 aliphatic rings. The molecule has 1 heterocycles. The van der Waals surface area contributed by atoms with Gasteiger partial charge in [-0.1, -0.05) is 91.5 Å². The van der Waals surface area contributed by atoms with Crippen molar-refractivity contribution < 1.29 is 0 Å². The van der Waals surface area contributed by atoms with Crippen molar-refractivity contribution in [1.29, 1.82) is 0 Å². The predicted molar refractivity (Wildman–Crippen MR) is 108 cm³/mol. The third-order valence-corrected chi connectivity index (χ3v) is 3.92. The number of pyridine rings is 1. The summed E-state index contributed by atoms with van der Waals surface area (Å²) in [7, 11) is 0. The summed E-state index contributed by atoms with van der Waals surface area (Å²) in [6, 6.07) is 24.7. The zero-order chi connectivity index (χ0) is 17.6. The van der Waals surface area contributed by atoms with Crippen LogP contribution in [-0.2, 0) is 0 Å². The van der Waals surface area contributed by atoms with E-state index in [1.54, 1.807) is 0 Å². The van der Waals surface area contributed by atoms with Gasteiger partial charge in [0.1, 0.15) is 0 Å². The summed E-state index contributed by atoms with van der Waals surface area (Å²) >= 11 is 0. The van der Waals surface area contributed by atoms with Crippen LogP contribution < -0.4 is 0 Å². The smallest absolute Gasteiger partial charge is 0.0715 e. The fourth-order valence-electron chi connectivity index (χ4n) is 2.74. The number of hydrogen-bond acceptors (Lipinski definition) is 1. The summed E-state index contributed by atoms with van der Waals surface area (Å²) in [6.45, 7) is 9.94. The lowest BCUT2D eigenvalue weighted by atomic mass is 9.99. The quantitative estimate of drug-likeness (QED) is 0.484. The summed E-state index contributed by atoms with van der Waals surface area (Å²) in [5.41, 5.74) is 7.22. The van der Waals surface area contributed by atoms with E-state index in [0.29, 0.717) is 0 Å². The standard InChI is InChI=1S/C24H21N/c1-4-19(15-18(2)3)22-16-23(20-11-7-5-8-12-20)25-24(17-22)21-13-9-6-10-14-21/h4-17H,1-2H2,3H3/b19-15+. The highest BCUT2D eigenvalue weighted by Gasteiger charge is 2.09. The molecule has 2 aromatic carbocycles. The topological polar surface area (TPSA) is 12.9 Å². The van der Waals surface area contributed by atoms with Crippen LogP contribution in [0.25, 0.3) is 28.1 Å². The lowest BCUT2D eigenvalue weighted by molar-refractivity contribution is 1.31. The molecule has 0 N–H and O–H groups in total. The van der Waals surface area contributed by atoms with Crippen molar-refractivity contribution in [2.45, 2.75) is 6.92 Å². The van der Waals surface area contributed by atoms with Gasteiger partial charge in [0.25, 0.3) is 0 Å². The monoisotopic (exact) mass is 323 g/mol. The van der Waals surface area contributed by atoms with E-state index in [9.17, 15) is 0 Å². The van der Waals surface area contributed by atoms with Crippen LogP contribution in [-0.4, -0.2) is 4.98 Å². The fourth-order valence-corrected chi connectivity index (χ4v) is 2.74. The van der Waals surface area contributed by atoms with Gasteiger partial charge in [-0.25, -0.2) is 4.98 Å². The van der Waals surface area contributed by atoms with Gasteiger partial charge in [-0.15, -0.1) is 0 Å². The number of allylic oxidation sites excluding steroid dienone is 4. The summed E-state index contributed by atoms with van der Waals surface area (Å²) < 4.78 is 0. The van der Waals surface area contributed by atoms with Gasteiger partial charge in [-0.05, 0) is 30.2 Å². The lowest BCUT2D eigenvalue weighted by Crippen LogP contribution is -1.93. The molecule has 0 bridgehead atoms. The Balaban J connectivity index is 2.22. The van der Waals surface area contributed by atoms with Crippen LogP contribution in [0, 0.1) is 0 Å². The van der Waals surface area contributed by atoms with Crippen LogP contribution in [0.15, 0.2) is 104 Å². The molecule has 0 spiro atoms. The van der Waals surface area contributed by atoms with Crippen molar-refractivity contribution >= 4 is 5.57 Å². The normalized spacial score (nSPS) is 11.2. The molecule has 25 heavy (non-hydrogen) atoms. The molecule has 1 nitrogen and oxygen atoms in total. The van der Waals surface area contributed by atoms with Crippen LogP contribution in [0.1, 0.15) is 12.5 Å². The average molecular weight is 323 g/mol. The minimum absolute atomic E-state index is 0.950. The first kappa shape index (κ1) is 16.7. The molecule has 0 saturated heterocycles. The maximum absolute atomic E-state index is 4.89. The van der Waals surface area contributed by atoms with Crippen LogP contribution in [0.4, 0.5) is 0 Å². The first-order valence-corrected chi connectivity index (χ1v) is 8.30. The predicted octanol–water partition coefficient (Wildman–Crippen LogP) is 6.56. The molecule has 0 atom stereocenters. The molecule has 122 valence electrons. The minimum atomic E-state index is 0.950. The van der Waals surface area contributed by atoms with Gasteiger partial charge in [0.15, 0.2) is 0 Å². The highest BCUT2D eigenvalue weighted by molar-refractivity contribution is 5.80. The number of nitrogens with zero attached hydrogens (tertiary/aromatic N) is 1. The van der Waals surface area contributed by atoms with Gasteiger partial charge in [0, 0.05) is 11.1 Å². The molecule has 0 aliphatic carbocycles. The number of hydrogen-bond donors (Lipinski definition) is 0. The summed E-state index contributed by atoms with van der Waals surface area (Å²) in [5, 5.41) is 0. The number of aromatic nitrogens is 1. The largest absolute Gasteiger partial charge is 0.248 e. The van der Waals surface area contributed by atoms with E-state index in [4.69, 9.17) is 4.98 Å². The molecule has 0 amide bonds. The van der Waals surface area contributed by atoms with Crippen LogP contribution in [0.5, 0.6) is 0 Å². The zero-order valence-corrected chi connectivity index (χ0v) is 14.4. The van der Waals surface area contributed by atoms with Gasteiger partial charge in [0.05, 0.1) is 11.4 Å². The minimum Gasteiger partial charge on any atom is -0.248 e. The first-order valence-electron chi connectivity index (χ1n) is 8.30. The van der Waals surface area contributed by atoms with E-state index in [1.807, 2.05) is 55.5 Å². The Morgan fingerprint density at radius 2 is 1.32 bits per heavy atom. The van der Waals surface area contributed by atoms with Crippen molar-refractivity contribution in [2.75, 3.05) is 0 Å². The molecule has 3 aromatic rings. The SMILES string of the molecule is C=C/C(=C\C(=C)C)c1cc(-c2ccccc2)nc(-c2ccccc2)c1. The van der Waals surface area contributed by atoms with Gasteiger partial charge in [0.2, 0.25) is 0 Å². The molecule has 1 aromatic heterocycles. The van der Waals surface area contributed by atoms with E-state index in [1.165, 1.54) is 0 Å². The summed E-state index contributed by atoms with van der Waals surface area (Å²) in [5.74, 6) is 0. The third kappa shape index (κ3) is 4.02. The number of benzene rings is 2. The Hall–Kier alpha value is -3.19. The van der Waals surface area contributed by atoms with Crippen LogP contribution in [0.3, 0.4) is 0 Å². The lowest BCUT2D eigenvalue weighted by Gasteiger charge is -2.11. The Labute approximate surface area is 149 Å². The van der Waals surface area contributed by atoms with Crippen molar-refractivity contribution in [3.63, 3.8) is 0 Å². The van der Waals surface area contributed by atoms with E-state index in [0.717, 1.165) is 39.2 Å². The van der Waals surface area contributed by atoms with Crippen LogP contribution in [0.2, 0.25) is 0 Å². The Morgan fingerprint density at radius 3 is 1.72 bits per heavy atom. The third-order valence-electron chi connectivity index (χ3n) is 3.92. The molecule has 0 aliphatic heterocycles. The van der Waals surface area contributed by atoms with E-state index < -0.39 is 0 Å². The Bertz CT molecular complexity index is 861. The second-order valence-corrected chi connectivity index (χ2v) is 6.01. The molecule has 3 rings (SSSR count). The van der Waals surface area contributed by atoms with Crippen molar-refractivity contribution in [1.82, 2.24) is 4.98 Å². The van der Waals surface area contributed by atoms with Gasteiger partial charge >= 0.3 is 0 Å². The number of rotatable bonds is 5. The van der Waals surface area contributed by atoms with E-state index >= 15 is 0 Å². The van der Waals surface area contributed by atoms with Crippen molar-refractivity contribution in [3.8, 4) is 22.5 Å². The van der Waals surface area contributed by atoms with Crippen molar-refractivity contribution in [3.05, 3.63) is 109 Å². The Morgan fingerprint density at radius 1 is 0.840 bits per heavy atom. The van der Waals surface area contributed by atoms with Crippen molar-refractivity contribution in [2.24, 2.45) is 0 Å². The van der Waals surface area contributed by atoms with Gasteiger partial charge < -0.3 is 0 Å². The second kappa shape index (κ2) is 7.59. The molecular weight excluding hydrogens is 302 g/mol. The fraction of sp³-hybridized carbons (Fsp3) is 0.0417. The first-order chi connectivity index (χ1) is 12.2. The molecule has 0 radical (unpaired) electrons. The molecule has 0 fully saturated rings. The summed E-state index contributed by atoms with van der Waals surface area (Å²) in [6.07, 6.45) is 3.92. The summed E-state index contributed by atoms with van der Waals surface area (Å²) in [4.78, 5) is 4.89. The van der Waals surface area contributed by atoms with Crippen LogP contribution >= 0.6 is 0 Å². The zero-order valence-electron chi connectivity index (χ0n) is 14.4.